The van der Waals surface area contributed by atoms with Crippen LogP contribution in [0.1, 0.15) is 26.8 Å². The first-order chi connectivity index (χ1) is 9.43. The van der Waals surface area contributed by atoms with Crippen LogP contribution < -0.4 is 0 Å². The summed E-state index contributed by atoms with van der Waals surface area (Å²) in [5, 5.41) is 10.4. The van der Waals surface area contributed by atoms with Crippen molar-refractivity contribution in [3.8, 4) is 0 Å². The monoisotopic (exact) mass is 297 g/mol. The first kappa shape index (κ1) is 15.4. The number of hydrogen-bond acceptors (Lipinski definition) is 5. The molecular weight excluding hydrogens is 274 g/mol. The maximum Gasteiger partial charge on any atom is 0.265 e. The number of piperidine rings is 1. The number of rotatable bonds is 3. The summed E-state index contributed by atoms with van der Waals surface area (Å²) in [5.41, 5.74) is 0.822. The lowest BCUT2D eigenvalue weighted by molar-refractivity contribution is 0.0382. The van der Waals surface area contributed by atoms with Gasteiger partial charge < -0.3 is 14.9 Å². The van der Waals surface area contributed by atoms with E-state index >= 15 is 0 Å². The molecule has 5 nitrogen and oxygen atoms in total. The number of aliphatic hydroxyl groups is 1. The van der Waals surface area contributed by atoms with E-state index in [1.807, 2.05) is 32.8 Å². The molecule has 1 amide bonds. The molecule has 0 saturated carbocycles. The van der Waals surface area contributed by atoms with Crippen LogP contribution in [-0.4, -0.2) is 65.6 Å². The highest BCUT2D eigenvalue weighted by Crippen LogP contribution is 2.25. The standard InChI is InChI=1S/C14H23N3O2S/c1-9-13(20-10(2)15-9)14(19)17-6-5-11(8-18)12(7-17)16(3)4/h11-12,18H,5-8H2,1-4H3/t11-,12-/m1/s1. The average Bonchev–Trinajstić information content (AvgIpc) is 2.76. The lowest BCUT2D eigenvalue weighted by atomic mass is 9.91. The topological polar surface area (TPSA) is 56.7 Å². The number of nitrogens with zero attached hydrogens (tertiary/aromatic N) is 3. The Morgan fingerprint density at radius 3 is 2.70 bits per heavy atom. The van der Waals surface area contributed by atoms with E-state index in [-0.39, 0.29) is 24.5 Å². The minimum atomic E-state index is 0.0799. The fraction of sp³-hybridized carbons (Fsp3) is 0.714. The lowest BCUT2D eigenvalue weighted by Crippen LogP contribution is -2.53. The lowest BCUT2D eigenvalue weighted by Gasteiger charge is -2.41. The molecule has 0 aromatic carbocycles. The normalized spacial score (nSPS) is 23.4. The summed E-state index contributed by atoms with van der Waals surface area (Å²) in [7, 11) is 4.01. The van der Waals surface area contributed by atoms with Gasteiger partial charge >= 0.3 is 0 Å². The Balaban J connectivity index is 2.14. The molecule has 0 aliphatic carbocycles. The summed E-state index contributed by atoms with van der Waals surface area (Å²) < 4.78 is 0. The maximum atomic E-state index is 12.6. The Morgan fingerprint density at radius 2 is 2.20 bits per heavy atom. The molecule has 0 radical (unpaired) electrons. The number of likely N-dealkylation sites (tertiary alicyclic amines) is 1. The number of thiazole rings is 1. The molecule has 0 spiro atoms. The van der Waals surface area contributed by atoms with Crippen molar-refractivity contribution in [2.75, 3.05) is 33.8 Å². The molecule has 2 heterocycles. The van der Waals surface area contributed by atoms with Crippen molar-refractivity contribution in [1.82, 2.24) is 14.8 Å². The van der Waals surface area contributed by atoms with Crippen molar-refractivity contribution in [1.29, 1.82) is 0 Å². The first-order valence-corrected chi connectivity index (χ1v) is 7.76. The summed E-state index contributed by atoms with van der Waals surface area (Å²) in [6, 6.07) is 0.215. The van der Waals surface area contributed by atoms with Crippen molar-refractivity contribution in [3.63, 3.8) is 0 Å². The maximum absolute atomic E-state index is 12.6. The second-order valence-electron chi connectivity index (χ2n) is 5.66. The van der Waals surface area contributed by atoms with Crippen molar-refractivity contribution in [2.24, 2.45) is 5.92 Å². The third kappa shape index (κ3) is 3.02. The Bertz CT molecular complexity index is 487. The van der Waals surface area contributed by atoms with Crippen molar-refractivity contribution in [2.45, 2.75) is 26.3 Å². The van der Waals surface area contributed by atoms with Crippen molar-refractivity contribution in [3.05, 3.63) is 15.6 Å². The van der Waals surface area contributed by atoms with Gasteiger partial charge in [-0.15, -0.1) is 11.3 Å². The summed E-state index contributed by atoms with van der Waals surface area (Å²) in [5.74, 6) is 0.328. The predicted molar refractivity (Wildman–Crippen MR) is 80.2 cm³/mol. The zero-order chi connectivity index (χ0) is 14.9. The SMILES string of the molecule is Cc1nc(C)c(C(=O)N2CC[C@H](CO)[C@H](N(C)C)C2)s1. The Morgan fingerprint density at radius 1 is 1.50 bits per heavy atom. The Kier molecular flexibility index (Phi) is 4.78. The molecule has 1 fully saturated rings. The molecule has 2 atom stereocenters. The average molecular weight is 297 g/mol. The quantitative estimate of drug-likeness (QED) is 0.909. The van der Waals surface area contributed by atoms with E-state index < -0.39 is 0 Å². The second-order valence-corrected chi connectivity index (χ2v) is 6.86. The first-order valence-electron chi connectivity index (χ1n) is 6.94. The molecule has 1 N–H and O–H groups in total. The molecule has 1 aliphatic rings. The van der Waals surface area contributed by atoms with Gasteiger partial charge in [0.25, 0.3) is 5.91 Å². The largest absolute Gasteiger partial charge is 0.396 e. The zero-order valence-electron chi connectivity index (χ0n) is 12.6. The molecule has 1 aromatic rings. The molecule has 1 aromatic heterocycles. The van der Waals surface area contributed by atoms with Gasteiger partial charge in [0.2, 0.25) is 0 Å². The van der Waals surface area contributed by atoms with Gasteiger partial charge in [-0.05, 0) is 34.4 Å². The van der Waals surface area contributed by atoms with E-state index in [9.17, 15) is 9.90 Å². The number of aryl methyl sites for hydroxylation is 2. The molecular formula is C14H23N3O2S. The number of likely N-dealkylation sites (N-methyl/N-ethyl adjacent to an activating group) is 1. The number of carbonyl (C=O) groups excluding carboxylic acids is 1. The summed E-state index contributed by atoms with van der Waals surface area (Å²) in [6.45, 7) is 5.39. The molecule has 20 heavy (non-hydrogen) atoms. The van der Waals surface area contributed by atoms with Crippen LogP contribution in [0.5, 0.6) is 0 Å². The van der Waals surface area contributed by atoms with Crippen molar-refractivity contribution < 1.29 is 9.90 Å². The van der Waals surface area contributed by atoms with Crippen LogP contribution in [0.4, 0.5) is 0 Å². The smallest absolute Gasteiger partial charge is 0.265 e. The number of aliphatic hydroxyl groups excluding tert-OH is 1. The number of aromatic nitrogens is 1. The van der Waals surface area contributed by atoms with Gasteiger partial charge in [-0.3, -0.25) is 4.79 Å². The number of amides is 1. The van der Waals surface area contributed by atoms with E-state index in [2.05, 4.69) is 9.88 Å². The summed E-state index contributed by atoms with van der Waals surface area (Å²) in [6.07, 6.45) is 0.849. The summed E-state index contributed by atoms with van der Waals surface area (Å²) in [4.78, 5) is 21.7. The fourth-order valence-electron chi connectivity index (χ4n) is 2.84. The van der Waals surface area contributed by atoms with E-state index in [0.717, 1.165) is 22.0 Å². The Labute approximate surface area is 124 Å². The fourth-order valence-corrected chi connectivity index (χ4v) is 3.72. The highest BCUT2D eigenvalue weighted by molar-refractivity contribution is 7.13. The second kappa shape index (κ2) is 6.20. The van der Waals surface area contributed by atoms with Gasteiger partial charge in [-0.25, -0.2) is 4.98 Å². The van der Waals surface area contributed by atoms with Crippen LogP contribution in [-0.2, 0) is 0 Å². The highest BCUT2D eigenvalue weighted by Gasteiger charge is 2.33. The third-order valence-electron chi connectivity index (χ3n) is 4.00. The molecule has 2 rings (SSSR count). The van der Waals surface area contributed by atoms with E-state index in [0.29, 0.717) is 13.1 Å². The van der Waals surface area contributed by atoms with Crippen LogP contribution >= 0.6 is 11.3 Å². The molecule has 0 bridgehead atoms. The van der Waals surface area contributed by atoms with Crippen LogP contribution in [0.25, 0.3) is 0 Å². The summed E-state index contributed by atoms with van der Waals surface area (Å²) >= 11 is 1.47. The van der Waals surface area contributed by atoms with E-state index in [1.54, 1.807) is 0 Å². The van der Waals surface area contributed by atoms with Crippen LogP contribution in [0.2, 0.25) is 0 Å². The molecule has 0 unspecified atom stereocenters. The van der Waals surface area contributed by atoms with Gasteiger partial charge in [0.05, 0.1) is 10.7 Å². The van der Waals surface area contributed by atoms with Crippen LogP contribution in [0.3, 0.4) is 0 Å². The minimum Gasteiger partial charge on any atom is -0.396 e. The Hall–Kier alpha value is -0.980. The van der Waals surface area contributed by atoms with Gasteiger partial charge in [0.1, 0.15) is 4.88 Å². The minimum absolute atomic E-state index is 0.0799. The number of carbonyl (C=O) groups is 1. The number of hydrogen-bond donors (Lipinski definition) is 1. The van der Waals surface area contributed by atoms with Gasteiger partial charge in [0.15, 0.2) is 0 Å². The predicted octanol–water partition coefficient (Wildman–Crippen LogP) is 1.14. The van der Waals surface area contributed by atoms with Crippen LogP contribution in [0.15, 0.2) is 0 Å². The van der Waals surface area contributed by atoms with E-state index in [4.69, 9.17) is 0 Å². The van der Waals surface area contributed by atoms with Gasteiger partial charge in [0, 0.05) is 31.7 Å². The zero-order valence-corrected chi connectivity index (χ0v) is 13.4. The van der Waals surface area contributed by atoms with E-state index in [1.165, 1.54) is 11.3 Å². The molecule has 1 saturated heterocycles. The molecule has 112 valence electrons. The van der Waals surface area contributed by atoms with Crippen LogP contribution in [0, 0.1) is 19.8 Å². The molecule has 1 aliphatic heterocycles. The van der Waals surface area contributed by atoms with Gasteiger partial charge in [-0.2, -0.15) is 0 Å². The molecule has 6 heteroatoms. The van der Waals surface area contributed by atoms with Gasteiger partial charge in [-0.1, -0.05) is 0 Å². The third-order valence-corrected chi connectivity index (χ3v) is 5.07. The highest BCUT2D eigenvalue weighted by atomic mass is 32.1. The van der Waals surface area contributed by atoms with Crippen molar-refractivity contribution >= 4 is 17.2 Å².